The Morgan fingerprint density at radius 3 is 2.31 bits per heavy atom. The van der Waals surface area contributed by atoms with Gasteiger partial charge in [-0.2, -0.15) is 0 Å². The van der Waals surface area contributed by atoms with Crippen LogP contribution in [0.5, 0.6) is 0 Å². The SMILES string of the molecule is CCNC(=S)NCc1ccc(N(C)C)cc1. The molecule has 3 nitrogen and oxygen atoms in total. The summed E-state index contributed by atoms with van der Waals surface area (Å²) in [7, 11) is 4.07. The van der Waals surface area contributed by atoms with Crippen molar-refractivity contribution >= 4 is 23.0 Å². The Kier molecular flexibility index (Phi) is 5.05. The quantitative estimate of drug-likeness (QED) is 0.780. The van der Waals surface area contributed by atoms with Crippen molar-refractivity contribution in [1.29, 1.82) is 0 Å². The highest BCUT2D eigenvalue weighted by atomic mass is 32.1. The third-order valence-corrected chi connectivity index (χ3v) is 2.53. The van der Waals surface area contributed by atoms with Crippen molar-refractivity contribution < 1.29 is 0 Å². The van der Waals surface area contributed by atoms with E-state index in [0.29, 0.717) is 5.11 Å². The molecule has 1 rings (SSSR count). The fourth-order valence-corrected chi connectivity index (χ4v) is 1.53. The molecule has 0 spiro atoms. The van der Waals surface area contributed by atoms with Crippen LogP contribution in [0.2, 0.25) is 0 Å². The first-order chi connectivity index (χ1) is 7.63. The topological polar surface area (TPSA) is 27.3 Å². The Bertz CT molecular complexity index is 333. The monoisotopic (exact) mass is 237 g/mol. The predicted molar refractivity (Wildman–Crippen MR) is 73.9 cm³/mol. The highest BCUT2D eigenvalue weighted by Gasteiger charge is 1.97. The maximum atomic E-state index is 5.09. The molecule has 0 aliphatic heterocycles. The number of anilines is 1. The molecular weight excluding hydrogens is 218 g/mol. The lowest BCUT2D eigenvalue weighted by molar-refractivity contribution is 0.854. The summed E-state index contributed by atoms with van der Waals surface area (Å²) in [5, 5.41) is 6.92. The molecule has 0 saturated heterocycles. The minimum atomic E-state index is 0.708. The Labute approximate surface area is 103 Å². The molecule has 4 heteroatoms. The van der Waals surface area contributed by atoms with Gasteiger partial charge in [-0.1, -0.05) is 12.1 Å². The fourth-order valence-electron chi connectivity index (χ4n) is 1.32. The van der Waals surface area contributed by atoms with E-state index in [4.69, 9.17) is 12.2 Å². The van der Waals surface area contributed by atoms with E-state index in [1.807, 2.05) is 21.0 Å². The van der Waals surface area contributed by atoms with Gasteiger partial charge in [0.1, 0.15) is 0 Å². The predicted octanol–water partition coefficient (Wildman–Crippen LogP) is 1.74. The summed E-state index contributed by atoms with van der Waals surface area (Å²) >= 11 is 5.09. The number of nitrogens with one attached hydrogen (secondary N) is 2. The van der Waals surface area contributed by atoms with Crippen molar-refractivity contribution in [2.24, 2.45) is 0 Å². The van der Waals surface area contributed by atoms with Gasteiger partial charge < -0.3 is 15.5 Å². The molecule has 0 radical (unpaired) electrons. The number of rotatable bonds is 4. The van der Waals surface area contributed by atoms with Crippen molar-refractivity contribution in [3.8, 4) is 0 Å². The van der Waals surface area contributed by atoms with Gasteiger partial charge in [0, 0.05) is 32.9 Å². The molecule has 2 N–H and O–H groups in total. The Balaban J connectivity index is 2.46. The van der Waals surface area contributed by atoms with Crippen LogP contribution in [0.3, 0.4) is 0 Å². The van der Waals surface area contributed by atoms with E-state index < -0.39 is 0 Å². The van der Waals surface area contributed by atoms with Gasteiger partial charge in [-0.15, -0.1) is 0 Å². The van der Waals surface area contributed by atoms with Crippen LogP contribution >= 0.6 is 12.2 Å². The molecule has 0 aliphatic carbocycles. The summed E-state index contributed by atoms with van der Waals surface area (Å²) < 4.78 is 0. The van der Waals surface area contributed by atoms with Gasteiger partial charge in [0.05, 0.1) is 0 Å². The van der Waals surface area contributed by atoms with Gasteiger partial charge in [0.2, 0.25) is 0 Å². The zero-order valence-corrected chi connectivity index (χ0v) is 10.9. The third kappa shape index (κ3) is 4.06. The average molecular weight is 237 g/mol. The Hall–Kier alpha value is -1.29. The first kappa shape index (κ1) is 12.8. The summed E-state index contributed by atoms with van der Waals surface area (Å²) in [6.07, 6.45) is 0. The second-order valence-corrected chi connectivity index (χ2v) is 4.18. The smallest absolute Gasteiger partial charge is 0.166 e. The molecular formula is C12H19N3S. The lowest BCUT2D eigenvalue weighted by atomic mass is 10.2. The fraction of sp³-hybridized carbons (Fsp3) is 0.417. The second kappa shape index (κ2) is 6.33. The molecule has 0 aliphatic rings. The molecule has 0 fully saturated rings. The van der Waals surface area contributed by atoms with Crippen molar-refractivity contribution in [3.63, 3.8) is 0 Å². The molecule has 88 valence electrons. The van der Waals surface area contributed by atoms with Crippen LogP contribution in [-0.2, 0) is 6.54 Å². The number of hydrogen-bond donors (Lipinski definition) is 2. The van der Waals surface area contributed by atoms with E-state index in [0.717, 1.165) is 13.1 Å². The Morgan fingerprint density at radius 1 is 1.19 bits per heavy atom. The molecule has 16 heavy (non-hydrogen) atoms. The van der Waals surface area contributed by atoms with Crippen molar-refractivity contribution in [1.82, 2.24) is 10.6 Å². The van der Waals surface area contributed by atoms with Crippen molar-refractivity contribution in [2.45, 2.75) is 13.5 Å². The standard InChI is InChI=1S/C12H19N3S/c1-4-13-12(16)14-9-10-5-7-11(8-6-10)15(2)3/h5-8H,4,9H2,1-3H3,(H2,13,14,16). The van der Waals surface area contributed by atoms with E-state index >= 15 is 0 Å². The van der Waals surface area contributed by atoms with Crippen LogP contribution < -0.4 is 15.5 Å². The summed E-state index contributed by atoms with van der Waals surface area (Å²) in [4.78, 5) is 2.08. The van der Waals surface area contributed by atoms with Gasteiger partial charge in [-0.3, -0.25) is 0 Å². The zero-order chi connectivity index (χ0) is 12.0. The first-order valence-corrected chi connectivity index (χ1v) is 5.82. The maximum Gasteiger partial charge on any atom is 0.166 e. The van der Waals surface area contributed by atoms with Crippen LogP contribution in [0.15, 0.2) is 24.3 Å². The lowest BCUT2D eigenvalue weighted by Crippen LogP contribution is -2.34. The van der Waals surface area contributed by atoms with Gasteiger partial charge >= 0.3 is 0 Å². The van der Waals surface area contributed by atoms with E-state index in [1.165, 1.54) is 11.3 Å². The number of nitrogens with zero attached hydrogens (tertiary/aromatic N) is 1. The van der Waals surface area contributed by atoms with Crippen LogP contribution in [0.4, 0.5) is 5.69 Å². The normalized spacial score (nSPS) is 9.69. The number of hydrogen-bond acceptors (Lipinski definition) is 2. The van der Waals surface area contributed by atoms with Crippen LogP contribution in [0.25, 0.3) is 0 Å². The summed E-state index contributed by atoms with van der Waals surface area (Å²) in [6.45, 7) is 3.64. The Morgan fingerprint density at radius 2 is 1.81 bits per heavy atom. The maximum absolute atomic E-state index is 5.09. The van der Waals surface area contributed by atoms with E-state index in [9.17, 15) is 0 Å². The minimum Gasteiger partial charge on any atom is -0.378 e. The second-order valence-electron chi connectivity index (χ2n) is 3.77. The van der Waals surface area contributed by atoms with Crippen LogP contribution in [0, 0.1) is 0 Å². The van der Waals surface area contributed by atoms with Gasteiger partial charge in [-0.05, 0) is 36.8 Å². The third-order valence-electron chi connectivity index (χ3n) is 2.24. The largest absolute Gasteiger partial charge is 0.378 e. The van der Waals surface area contributed by atoms with Crippen molar-refractivity contribution in [3.05, 3.63) is 29.8 Å². The molecule has 0 heterocycles. The number of thiocarbonyl (C=S) groups is 1. The molecule has 0 amide bonds. The molecule has 0 unspecified atom stereocenters. The van der Waals surface area contributed by atoms with E-state index in [1.54, 1.807) is 0 Å². The molecule has 1 aromatic rings. The summed E-state index contributed by atoms with van der Waals surface area (Å²) in [5.74, 6) is 0. The highest BCUT2D eigenvalue weighted by Crippen LogP contribution is 2.11. The molecule has 1 aromatic carbocycles. The molecule has 0 aromatic heterocycles. The van der Waals surface area contributed by atoms with Crippen LogP contribution in [0.1, 0.15) is 12.5 Å². The van der Waals surface area contributed by atoms with E-state index in [2.05, 4.69) is 39.8 Å². The lowest BCUT2D eigenvalue weighted by Gasteiger charge is -2.13. The van der Waals surface area contributed by atoms with Gasteiger partial charge in [-0.25, -0.2) is 0 Å². The molecule has 0 bridgehead atoms. The minimum absolute atomic E-state index is 0.708. The van der Waals surface area contributed by atoms with Gasteiger partial charge in [0.15, 0.2) is 5.11 Å². The summed E-state index contributed by atoms with van der Waals surface area (Å²) in [5.41, 5.74) is 2.43. The van der Waals surface area contributed by atoms with Gasteiger partial charge in [0.25, 0.3) is 0 Å². The first-order valence-electron chi connectivity index (χ1n) is 5.41. The molecule has 0 saturated carbocycles. The van der Waals surface area contributed by atoms with Crippen LogP contribution in [-0.4, -0.2) is 25.8 Å². The number of benzene rings is 1. The zero-order valence-electron chi connectivity index (χ0n) is 10.1. The molecule has 0 atom stereocenters. The van der Waals surface area contributed by atoms with Crippen molar-refractivity contribution in [2.75, 3.05) is 25.5 Å². The summed E-state index contributed by atoms with van der Waals surface area (Å²) in [6, 6.07) is 8.43. The average Bonchev–Trinajstić information content (AvgIpc) is 2.27. The highest BCUT2D eigenvalue weighted by molar-refractivity contribution is 7.80. The van der Waals surface area contributed by atoms with E-state index in [-0.39, 0.29) is 0 Å².